The highest BCUT2D eigenvalue weighted by Gasteiger charge is 2.25. The Kier molecular flexibility index (Phi) is 3.46. The first-order chi connectivity index (χ1) is 7.66. The maximum atomic E-state index is 10.6. The van der Waals surface area contributed by atoms with Gasteiger partial charge in [-0.15, -0.1) is 11.8 Å². The molecule has 4 nitrogen and oxygen atoms in total. The Balaban J connectivity index is 2.02. The number of aromatic carboxylic acids is 1. The van der Waals surface area contributed by atoms with Crippen LogP contribution >= 0.6 is 11.8 Å². The van der Waals surface area contributed by atoms with Crippen LogP contribution in [0.3, 0.4) is 0 Å². The van der Waals surface area contributed by atoms with Crippen molar-refractivity contribution >= 4 is 17.7 Å². The van der Waals surface area contributed by atoms with Gasteiger partial charge in [-0.05, 0) is 25.5 Å². The molecule has 0 aromatic carbocycles. The summed E-state index contributed by atoms with van der Waals surface area (Å²) in [6, 6.07) is 3.33. The molecule has 16 heavy (non-hydrogen) atoms. The van der Waals surface area contributed by atoms with Crippen molar-refractivity contribution in [3.63, 3.8) is 0 Å². The van der Waals surface area contributed by atoms with Crippen LogP contribution in [0, 0.1) is 0 Å². The quantitative estimate of drug-likeness (QED) is 0.874. The summed E-state index contributed by atoms with van der Waals surface area (Å²) < 4.78 is 5.46. The number of ether oxygens (including phenoxy) is 1. The maximum absolute atomic E-state index is 10.6. The van der Waals surface area contributed by atoms with Gasteiger partial charge in [0.1, 0.15) is 0 Å². The number of thioether (sulfide) groups is 1. The molecule has 1 aliphatic rings. The number of hydrogen-bond donors (Lipinski definition) is 1. The Morgan fingerprint density at radius 1 is 1.62 bits per heavy atom. The summed E-state index contributed by atoms with van der Waals surface area (Å²) >= 11 is 1.65. The lowest BCUT2D eigenvalue weighted by atomic mass is 10.3. The molecular weight excluding hydrogens is 226 g/mol. The fraction of sp³-hybridized carbons (Fsp3) is 0.455. The van der Waals surface area contributed by atoms with E-state index in [1.807, 2.05) is 0 Å². The molecule has 1 saturated heterocycles. The molecule has 2 atom stereocenters. The van der Waals surface area contributed by atoms with Crippen LogP contribution in [0.15, 0.2) is 23.4 Å². The number of carbonyl (C=O) groups is 1. The van der Waals surface area contributed by atoms with Gasteiger partial charge in [-0.25, -0.2) is 9.78 Å². The minimum Gasteiger partial charge on any atom is -0.478 e. The second kappa shape index (κ2) is 4.84. The second-order valence-corrected chi connectivity index (χ2v) is 4.97. The van der Waals surface area contributed by atoms with Crippen molar-refractivity contribution in [3.05, 3.63) is 23.9 Å². The summed E-state index contributed by atoms with van der Waals surface area (Å²) in [6.45, 7) is 2.85. The highest BCUT2D eigenvalue weighted by atomic mass is 32.2. The Morgan fingerprint density at radius 3 is 2.94 bits per heavy atom. The molecule has 1 aromatic rings. The van der Waals surface area contributed by atoms with Crippen LogP contribution in [0.5, 0.6) is 0 Å². The van der Waals surface area contributed by atoms with Crippen LogP contribution in [0.2, 0.25) is 0 Å². The van der Waals surface area contributed by atoms with Crippen LogP contribution in [0.1, 0.15) is 23.7 Å². The standard InChI is InChI=1S/C11H13NO3S/c1-7-9(4-5-15-7)16-10-3-2-8(6-12-10)11(13)14/h2-3,6-7,9H,4-5H2,1H3,(H,13,14). The Morgan fingerprint density at radius 2 is 2.44 bits per heavy atom. The van der Waals surface area contributed by atoms with Gasteiger partial charge in [-0.2, -0.15) is 0 Å². The summed E-state index contributed by atoms with van der Waals surface area (Å²) in [6.07, 6.45) is 2.66. The molecule has 1 aliphatic heterocycles. The maximum Gasteiger partial charge on any atom is 0.337 e. The fourth-order valence-electron chi connectivity index (χ4n) is 1.60. The van der Waals surface area contributed by atoms with E-state index in [1.54, 1.807) is 23.9 Å². The van der Waals surface area contributed by atoms with Gasteiger partial charge >= 0.3 is 5.97 Å². The molecule has 5 heteroatoms. The zero-order chi connectivity index (χ0) is 11.5. The van der Waals surface area contributed by atoms with Crippen molar-refractivity contribution < 1.29 is 14.6 Å². The van der Waals surface area contributed by atoms with E-state index < -0.39 is 5.97 Å². The predicted octanol–water partition coefficient (Wildman–Crippen LogP) is 2.05. The van der Waals surface area contributed by atoms with E-state index in [1.165, 1.54) is 6.20 Å². The highest BCUT2D eigenvalue weighted by Crippen LogP contribution is 2.31. The third-order valence-corrected chi connectivity index (χ3v) is 3.97. The third-order valence-electron chi connectivity index (χ3n) is 2.56. The average molecular weight is 239 g/mol. The predicted molar refractivity (Wildman–Crippen MR) is 60.9 cm³/mol. The number of nitrogens with zero attached hydrogens (tertiary/aromatic N) is 1. The van der Waals surface area contributed by atoms with Crippen molar-refractivity contribution in [1.82, 2.24) is 4.98 Å². The van der Waals surface area contributed by atoms with Crippen molar-refractivity contribution in [1.29, 1.82) is 0 Å². The molecule has 0 bridgehead atoms. The van der Waals surface area contributed by atoms with E-state index in [9.17, 15) is 4.79 Å². The van der Waals surface area contributed by atoms with Gasteiger partial charge in [-0.1, -0.05) is 0 Å². The van der Waals surface area contributed by atoms with Gasteiger partial charge < -0.3 is 9.84 Å². The van der Waals surface area contributed by atoms with Crippen LogP contribution in [0.4, 0.5) is 0 Å². The normalized spacial score (nSPS) is 24.6. The number of hydrogen-bond acceptors (Lipinski definition) is 4. The molecular formula is C11H13NO3S. The zero-order valence-electron chi connectivity index (χ0n) is 8.92. The monoisotopic (exact) mass is 239 g/mol. The molecule has 0 spiro atoms. The Labute approximate surface area is 98.0 Å². The summed E-state index contributed by atoms with van der Waals surface area (Å²) in [4.78, 5) is 14.8. The molecule has 86 valence electrons. The van der Waals surface area contributed by atoms with Gasteiger partial charge in [0.2, 0.25) is 0 Å². The van der Waals surface area contributed by atoms with E-state index >= 15 is 0 Å². The lowest BCUT2D eigenvalue weighted by Gasteiger charge is -2.12. The topological polar surface area (TPSA) is 59.4 Å². The molecule has 1 aromatic heterocycles. The molecule has 2 rings (SSSR count). The first-order valence-electron chi connectivity index (χ1n) is 5.14. The van der Waals surface area contributed by atoms with Crippen molar-refractivity contribution in [2.75, 3.05) is 6.61 Å². The number of carboxylic acids is 1. The lowest BCUT2D eigenvalue weighted by molar-refractivity contribution is 0.0696. The highest BCUT2D eigenvalue weighted by molar-refractivity contribution is 7.99. The number of rotatable bonds is 3. The molecule has 1 fully saturated rings. The van der Waals surface area contributed by atoms with Crippen molar-refractivity contribution in [2.45, 2.75) is 29.7 Å². The van der Waals surface area contributed by atoms with E-state index in [0.29, 0.717) is 5.25 Å². The summed E-state index contributed by atoms with van der Waals surface area (Å²) in [5, 5.41) is 10.0. The summed E-state index contributed by atoms with van der Waals surface area (Å²) in [5.74, 6) is -0.943. The molecule has 0 aliphatic carbocycles. The molecule has 2 unspecified atom stereocenters. The number of aromatic nitrogens is 1. The van der Waals surface area contributed by atoms with Gasteiger partial charge in [-0.3, -0.25) is 0 Å². The van der Waals surface area contributed by atoms with Crippen LogP contribution in [0.25, 0.3) is 0 Å². The summed E-state index contributed by atoms with van der Waals surface area (Å²) in [7, 11) is 0. The SMILES string of the molecule is CC1OCCC1Sc1ccc(C(=O)O)cn1. The average Bonchev–Trinajstić information content (AvgIpc) is 2.65. The van der Waals surface area contributed by atoms with Gasteiger partial charge in [0, 0.05) is 18.1 Å². The third kappa shape index (κ3) is 2.54. The number of pyridine rings is 1. The summed E-state index contributed by atoms with van der Waals surface area (Å²) in [5.41, 5.74) is 0.222. The van der Waals surface area contributed by atoms with E-state index in [2.05, 4.69) is 11.9 Å². The molecule has 2 heterocycles. The fourth-order valence-corrected chi connectivity index (χ4v) is 2.65. The first-order valence-corrected chi connectivity index (χ1v) is 6.02. The lowest BCUT2D eigenvalue weighted by Crippen LogP contribution is -2.13. The van der Waals surface area contributed by atoms with Crippen molar-refractivity contribution in [2.24, 2.45) is 0 Å². The second-order valence-electron chi connectivity index (χ2n) is 3.71. The molecule has 0 amide bonds. The molecule has 0 saturated carbocycles. The largest absolute Gasteiger partial charge is 0.478 e. The zero-order valence-corrected chi connectivity index (χ0v) is 9.74. The minimum atomic E-state index is -0.943. The van der Waals surface area contributed by atoms with Gasteiger partial charge in [0.05, 0.1) is 16.7 Å². The Bertz CT molecular complexity index is 379. The first kappa shape index (κ1) is 11.4. The van der Waals surface area contributed by atoms with E-state index in [4.69, 9.17) is 9.84 Å². The van der Waals surface area contributed by atoms with Gasteiger partial charge in [0.15, 0.2) is 0 Å². The van der Waals surface area contributed by atoms with Crippen LogP contribution in [-0.4, -0.2) is 34.0 Å². The smallest absolute Gasteiger partial charge is 0.337 e. The van der Waals surface area contributed by atoms with Crippen molar-refractivity contribution in [3.8, 4) is 0 Å². The number of carboxylic acid groups (broad SMARTS) is 1. The van der Waals surface area contributed by atoms with E-state index in [-0.39, 0.29) is 11.7 Å². The molecule has 1 N–H and O–H groups in total. The van der Waals surface area contributed by atoms with Crippen LogP contribution < -0.4 is 0 Å². The van der Waals surface area contributed by atoms with Gasteiger partial charge in [0.25, 0.3) is 0 Å². The Hall–Kier alpha value is -1.07. The minimum absolute atomic E-state index is 0.222. The van der Waals surface area contributed by atoms with E-state index in [0.717, 1.165) is 18.1 Å². The molecule has 0 radical (unpaired) electrons. The van der Waals surface area contributed by atoms with Crippen LogP contribution in [-0.2, 0) is 4.74 Å².